The number of nitrogens with zero attached hydrogens (tertiary/aromatic N) is 1. The molecular formula is C15H14FNO2. The molecule has 0 radical (unpaired) electrons. The predicted molar refractivity (Wildman–Crippen MR) is 69.5 cm³/mol. The molecule has 3 nitrogen and oxygen atoms in total. The van der Waals surface area contributed by atoms with Crippen molar-refractivity contribution in [3.05, 3.63) is 65.2 Å². The van der Waals surface area contributed by atoms with Gasteiger partial charge in [0.05, 0.1) is 5.69 Å². The summed E-state index contributed by atoms with van der Waals surface area (Å²) in [6.07, 6.45) is 0.298. The zero-order valence-electron chi connectivity index (χ0n) is 10.5. The van der Waals surface area contributed by atoms with Crippen LogP contribution in [0.2, 0.25) is 0 Å². The number of carboxylic acid groups (broad SMARTS) is 1. The number of hydrogen-bond acceptors (Lipinski definition) is 2. The Bertz CT molecular complexity index is 581. The second kappa shape index (κ2) is 5.61. The van der Waals surface area contributed by atoms with Crippen LogP contribution >= 0.6 is 0 Å². The van der Waals surface area contributed by atoms with Crippen LogP contribution in [-0.4, -0.2) is 16.1 Å². The molecule has 0 aliphatic carbocycles. The summed E-state index contributed by atoms with van der Waals surface area (Å²) in [6.45, 7) is 1.82. The van der Waals surface area contributed by atoms with Crippen molar-refractivity contribution in [1.82, 2.24) is 4.98 Å². The summed E-state index contributed by atoms with van der Waals surface area (Å²) in [5, 5.41) is 9.32. The first-order valence-electron chi connectivity index (χ1n) is 5.97. The average Bonchev–Trinajstić information content (AvgIpc) is 2.37. The molecule has 1 atom stereocenters. The molecule has 0 saturated heterocycles. The maximum atomic E-state index is 12.8. The molecule has 0 bridgehead atoms. The number of aryl methyl sites for hydroxylation is 1. The van der Waals surface area contributed by atoms with Crippen LogP contribution in [-0.2, 0) is 11.2 Å². The third-order valence-corrected chi connectivity index (χ3v) is 2.92. The summed E-state index contributed by atoms with van der Waals surface area (Å²) in [5.41, 5.74) is 2.08. The van der Waals surface area contributed by atoms with Crippen LogP contribution in [0.25, 0.3) is 0 Å². The molecule has 0 saturated carbocycles. The van der Waals surface area contributed by atoms with Crippen LogP contribution in [0.1, 0.15) is 22.9 Å². The van der Waals surface area contributed by atoms with E-state index in [1.165, 1.54) is 12.1 Å². The second-order valence-corrected chi connectivity index (χ2v) is 4.43. The van der Waals surface area contributed by atoms with E-state index in [1.54, 1.807) is 24.3 Å². The van der Waals surface area contributed by atoms with Gasteiger partial charge < -0.3 is 5.11 Å². The van der Waals surface area contributed by atoms with Crippen molar-refractivity contribution in [2.24, 2.45) is 0 Å². The quantitative estimate of drug-likeness (QED) is 0.918. The highest BCUT2D eigenvalue weighted by Crippen LogP contribution is 2.20. The Balaban J connectivity index is 2.26. The Morgan fingerprint density at radius 2 is 1.95 bits per heavy atom. The van der Waals surface area contributed by atoms with E-state index in [9.17, 15) is 14.3 Å². The lowest BCUT2D eigenvalue weighted by Crippen LogP contribution is -2.16. The van der Waals surface area contributed by atoms with Crippen LogP contribution in [0.3, 0.4) is 0 Å². The van der Waals surface area contributed by atoms with E-state index in [1.807, 2.05) is 13.0 Å². The minimum absolute atomic E-state index is 0.298. The molecule has 4 heteroatoms. The van der Waals surface area contributed by atoms with Crippen molar-refractivity contribution in [1.29, 1.82) is 0 Å². The van der Waals surface area contributed by atoms with E-state index in [2.05, 4.69) is 4.98 Å². The zero-order chi connectivity index (χ0) is 13.8. The molecule has 0 aliphatic heterocycles. The number of rotatable bonds is 4. The van der Waals surface area contributed by atoms with Crippen LogP contribution in [0, 0.1) is 12.7 Å². The van der Waals surface area contributed by atoms with Gasteiger partial charge in [-0.25, -0.2) is 4.39 Å². The number of halogens is 1. The van der Waals surface area contributed by atoms with Crippen LogP contribution < -0.4 is 0 Å². The molecule has 0 amide bonds. The van der Waals surface area contributed by atoms with E-state index < -0.39 is 11.9 Å². The van der Waals surface area contributed by atoms with Gasteiger partial charge in [0.15, 0.2) is 0 Å². The number of benzene rings is 1. The third-order valence-electron chi connectivity index (χ3n) is 2.92. The van der Waals surface area contributed by atoms with Gasteiger partial charge in [0.1, 0.15) is 11.7 Å². The first-order chi connectivity index (χ1) is 9.06. The molecule has 1 heterocycles. The lowest BCUT2D eigenvalue weighted by atomic mass is 9.95. The average molecular weight is 259 g/mol. The van der Waals surface area contributed by atoms with Gasteiger partial charge in [0.25, 0.3) is 0 Å². The summed E-state index contributed by atoms with van der Waals surface area (Å²) < 4.78 is 12.8. The van der Waals surface area contributed by atoms with Gasteiger partial charge in [0.2, 0.25) is 0 Å². The second-order valence-electron chi connectivity index (χ2n) is 4.43. The molecule has 1 aromatic heterocycles. The first-order valence-corrected chi connectivity index (χ1v) is 5.97. The van der Waals surface area contributed by atoms with Gasteiger partial charge in [0, 0.05) is 5.69 Å². The summed E-state index contributed by atoms with van der Waals surface area (Å²) in [5.74, 6) is -1.97. The monoisotopic (exact) mass is 259 g/mol. The third kappa shape index (κ3) is 3.37. The van der Waals surface area contributed by atoms with Crippen molar-refractivity contribution in [3.63, 3.8) is 0 Å². The molecule has 19 heavy (non-hydrogen) atoms. The normalized spacial score (nSPS) is 12.1. The topological polar surface area (TPSA) is 50.2 Å². The minimum Gasteiger partial charge on any atom is -0.481 e. The van der Waals surface area contributed by atoms with Crippen LogP contribution in [0.4, 0.5) is 4.39 Å². The Kier molecular flexibility index (Phi) is 3.90. The maximum absolute atomic E-state index is 12.8. The summed E-state index contributed by atoms with van der Waals surface area (Å²) >= 11 is 0. The number of hydrogen-bond donors (Lipinski definition) is 1. The fourth-order valence-corrected chi connectivity index (χ4v) is 1.93. The molecule has 1 N–H and O–H groups in total. The number of carboxylic acids is 1. The summed E-state index contributed by atoms with van der Waals surface area (Å²) in [6, 6.07) is 11.2. The zero-order valence-corrected chi connectivity index (χ0v) is 10.5. The van der Waals surface area contributed by atoms with E-state index in [0.717, 1.165) is 11.3 Å². The molecule has 2 rings (SSSR count). The van der Waals surface area contributed by atoms with Crippen LogP contribution in [0.5, 0.6) is 0 Å². The standard InChI is InChI=1S/C15H14FNO2/c1-10-3-2-4-14(17-10)13(15(18)19)9-11-5-7-12(16)8-6-11/h2-8,13H,9H2,1H3,(H,18,19). The van der Waals surface area contributed by atoms with E-state index in [-0.39, 0.29) is 5.82 Å². The van der Waals surface area contributed by atoms with E-state index in [4.69, 9.17) is 0 Å². The smallest absolute Gasteiger partial charge is 0.312 e. The predicted octanol–water partition coefficient (Wildman–Crippen LogP) is 2.94. The highest BCUT2D eigenvalue weighted by atomic mass is 19.1. The van der Waals surface area contributed by atoms with Gasteiger partial charge in [-0.15, -0.1) is 0 Å². The summed E-state index contributed by atoms with van der Waals surface area (Å²) in [4.78, 5) is 15.6. The highest BCUT2D eigenvalue weighted by molar-refractivity contribution is 5.75. The first kappa shape index (κ1) is 13.2. The van der Waals surface area contributed by atoms with Crippen molar-refractivity contribution in [3.8, 4) is 0 Å². The minimum atomic E-state index is -0.928. The van der Waals surface area contributed by atoms with Crippen molar-refractivity contribution >= 4 is 5.97 Å². The Morgan fingerprint density at radius 1 is 1.26 bits per heavy atom. The van der Waals surface area contributed by atoms with Gasteiger partial charge >= 0.3 is 5.97 Å². The Hall–Kier alpha value is -2.23. The fraction of sp³-hybridized carbons (Fsp3) is 0.200. The van der Waals surface area contributed by atoms with Gasteiger partial charge in [-0.05, 0) is 43.2 Å². The van der Waals surface area contributed by atoms with E-state index in [0.29, 0.717) is 12.1 Å². The number of aromatic nitrogens is 1. The van der Waals surface area contributed by atoms with Gasteiger partial charge in [-0.1, -0.05) is 18.2 Å². The molecule has 0 aliphatic rings. The highest BCUT2D eigenvalue weighted by Gasteiger charge is 2.21. The molecule has 2 aromatic rings. The van der Waals surface area contributed by atoms with E-state index >= 15 is 0 Å². The molecule has 98 valence electrons. The van der Waals surface area contributed by atoms with Crippen molar-refractivity contribution < 1.29 is 14.3 Å². The van der Waals surface area contributed by atoms with Gasteiger partial charge in [-0.2, -0.15) is 0 Å². The molecular weight excluding hydrogens is 245 g/mol. The van der Waals surface area contributed by atoms with Crippen molar-refractivity contribution in [2.45, 2.75) is 19.3 Å². The molecule has 1 aromatic carbocycles. The number of aliphatic carboxylic acids is 1. The van der Waals surface area contributed by atoms with Crippen LogP contribution in [0.15, 0.2) is 42.5 Å². The molecule has 1 unspecified atom stereocenters. The molecule has 0 spiro atoms. The SMILES string of the molecule is Cc1cccc(C(Cc2ccc(F)cc2)C(=O)O)n1. The largest absolute Gasteiger partial charge is 0.481 e. The Labute approximate surface area is 110 Å². The summed E-state index contributed by atoms with van der Waals surface area (Å²) in [7, 11) is 0. The molecule has 0 fully saturated rings. The fourth-order valence-electron chi connectivity index (χ4n) is 1.93. The number of carbonyl (C=O) groups is 1. The lowest BCUT2D eigenvalue weighted by molar-refractivity contribution is -0.138. The Morgan fingerprint density at radius 3 is 2.53 bits per heavy atom. The maximum Gasteiger partial charge on any atom is 0.312 e. The van der Waals surface area contributed by atoms with Gasteiger partial charge in [-0.3, -0.25) is 9.78 Å². The lowest BCUT2D eigenvalue weighted by Gasteiger charge is -2.12. The number of pyridine rings is 1. The van der Waals surface area contributed by atoms with Crippen molar-refractivity contribution in [2.75, 3.05) is 0 Å².